The number of aliphatic hydroxyl groups is 4. The third kappa shape index (κ3) is 9.32. The lowest BCUT2D eigenvalue weighted by Gasteiger charge is -2.36. The molecule has 0 bridgehead atoms. The SMILES string of the molecule is CC(C)(CN(CCO)CCO)CN(CCO)CCO. The van der Waals surface area contributed by atoms with Gasteiger partial charge in [-0.3, -0.25) is 9.80 Å². The number of rotatable bonds is 12. The summed E-state index contributed by atoms with van der Waals surface area (Å²) >= 11 is 0. The molecule has 0 rings (SSSR count). The van der Waals surface area contributed by atoms with Crippen LogP contribution >= 0.6 is 0 Å². The highest BCUT2D eigenvalue weighted by atomic mass is 16.3. The maximum atomic E-state index is 9.01. The molecule has 0 atom stereocenters. The Labute approximate surface area is 116 Å². The Bertz CT molecular complexity index is 183. The van der Waals surface area contributed by atoms with E-state index in [0.29, 0.717) is 26.2 Å². The van der Waals surface area contributed by atoms with Crippen LogP contribution in [0.3, 0.4) is 0 Å². The van der Waals surface area contributed by atoms with E-state index in [0.717, 1.165) is 13.1 Å². The van der Waals surface area contributed by atoms with Crippen LogP contribution in [0.25, 0.3) is 0 Å². The highest BCUT2D eigenvalue weighted by Gasteiger charge is 2.24. The van der Waals surface area contributed by atoms with Gasteiger partial charge >= 0.3 is 0 Å². The lowest BCUT2D eigenvalue weighted by atomic mass is 9.91. The van der Waals surface area contributed by atoms with E-state index in [4.69, 9.17) is 20.4 Å². The van der Waals surface area contributed by atoms with Gasteiger partial charge in [-0.15, -0.1) is 0 Å². The van der Waals surface area contributed by atoms with Crippen molar-refractivity contribution in [2.75, 3.05) is 65.7 Å². The summed E-state index contributed by atoms with van der Waals surface area (Å²) in [6, 6.07) is 0. The summed E-state index contributed by atoms with van der Waals surface area (Å²) in [6.45, 7) is 8.21. The van der Waals surface area contributed by atoms with E-state index >= 15 is 0 Å². The van der Waals surface area contributed by atoms with Crippen molar-refractivity contribution in [3.8, 4) is 0 Å². The molecule has 0 aliphatic carbocycles. The monoisotopic (exact) mass is 278 g/mol. The second-order valence-corrected chi connectivity index (χ2v) is 5.61. The maximum absolute atomic E-state index is 9.01. The maximum Gasteiger partial charge on any atom is 0.0558 e. The first kappa shape index (κ1) is 18.8. The van der Waals surface area contributed by atoms with Crippen molar-refractivity contribution in [3.05, 3.63) is 0 Å². The second-order valence-electron chi connectivity index (χ2n) is 5.61. The molecule has 0 unspecified atom stereocenters. The van der Waals surface area contributed by atoms with Gasteiger partial charge in [0.2, 0.25) is 0 Å². The van der Waals surface area contributed by atoms with Crippen LogP contribution in [0.1, 0.15) is 13.8 Å². The molecular formula is C13H30N2O4. The van der Waals surface area contributed by atoms with Gasteiger partial charge in [0.05, 0.1) is 26.4 Å². The number of hydrogen-bond donors (Lipinski definition) is 4. The molecule has 6 heteroatoms. The Hall–Kier alpha value is -0.240. The van der Waals surface area contributed by atoms with Crippen molar-refractivity contribution in [2.24, 2.45) is 5.41 Å². The lowest BCUT2D eigenvalue weighted by Crippen LogP contribution is -2.45. The van der Waals surface area contributed by atoms with Crippen molar-refractivity contribution in [2.45, 2.75) is 13.8 Å². The average molecular weight is 278 g/mol. The molecule has 19 heavy (non-hydrogen) atoms. The Morgan fingerprint density at radius 1 is 0.632 bits per heavy atom. The van der Waals surface area contributed by atoms with E-state index in [1.54, 1.807) is 0 Å². The van der Waals surface area contributed by atoms with Gasteiger partial charge in [0.15, 0.2) is 0 Å². The summed E-state index contributed by atoms with van der Waals surface area (Å²) in [4.78, 5) is 4.05. The molecule has 0 amide bonds. The first-order valence-electron chi connectivity index (χ1n) is 6.87. The van der Waals surface area contributed by atoms with E-state index in [1.165, 1.54) is 0 Å². The van der Waals surface area contributed by atoms with Gasteiger partial charge in [0.1, 0.15) is 0 Å². The van der Waals surface area contributed by atoms with Crippen molar-refractivity contribution < 1.29 is 20.4 Å². The van der Waals surface area contributed by atoms with Crippen LogP contribution in [0.4, 0.5) is 0 Å². The molecule has 0 aliphatic heterocycles. The molecule has 116 valence electrons. The molecule has 0 radical (unpaired) electrons. The van der Waals surface area contributed by atoms with Gasteiger partial charge in [0, 0.05) is 39.3 Å². The molecule has 0 saturated heterocycles. The zero-order chi connectivity index (χ0) is 14.7. The summed E-state index contributed by atoms with van der Waals surface area (Å²) in [6.07, 6.45) is 0. The molecule has 0 saturated carbocycles. The Morgan fingerprint density at radius 3 is 1.11 bits per heavy atom. The molecule has 0 aromatic rings. The Kier molecular flexibility index (Phi) is 10.4. The van der Waals surface area contributed by atoms with Crippen LogP contribution in [0.15, 0.2) is 0 Å². The minimum atomic E-state index is -0.0469. The highest BCUT2D eigenvalue weighted by molar-refractivity contribution is 4.78. The van der Waals surface area contributed by atoms with Crippen LogP contribution in [0.5, 0.6) is 0 Å². The fourth-order valence-electron chi connectivity index (χ4n) is 2.37. The standard InChI is InChI=1S/C13H30N2O4/c1-13(2,11-14(3-7-16)4-8-17)12-15(5-9-18)6-10-19/h16-19H,3-12H2,1-2H3. The quantitative estimate of drug-likeness (QED) is 0.351. The van der Waals surface area contributed by atoms with E-state index in [1.807, 2.05) is 9.80 Å². The van der Waals surface area contributed by atoms with Crippen LogP contribution in [-0.2, 0) is 0 Å². The van der Waals surface area contributed by atoms with Crippen molar-refractivity contribution in [1.29, 1.82) is 0 Å². The van der Waals surface area contributed by atoms with Crippen LogP contribution in [0, 0.1) is 5.41 Å². The predicted octanol–water partition coefficient (Wildman–Crippen LogP) is -1.41. The highest BCUT2D eigenvalue weighted by Crippen LogP contribution is 2.18. The fraction of sp³-hybridized carbons (Fsp3) is 1.00. The van der Waals surface area contributed by atoms with Gasteiger partial charge in [-0.2, -0.15) is 0 Å². The number of nitrogens with zero attached hydrogens (tertiary/aromatic N) is 2. The molecular weight excluding hydrogens is 248 g/mol. The van der Waals surface area contributed by atoms with Gasteiger partial charge in [0.25, 0.3) is 0 Å². The van der Waals surface area contributed by atoms with Crippen molar-refractivity contribution in [1.82, 2.24) is 9.80 Å². The van der Waals surface area contributed by atoms with Crippen LogP contribution < -0.4 is 0 Å². The third-order valence-electron chi connectivity index (χ3n) is 2.97. The van der Waals surface area contributed by atoms with E-state index < -0.39 is 0 Å². The Balaban J connectivity index is 4.38. The molecule has 0 fully saturated rings. The summed E-state index contributed by atoms with van der Waals surface area (Å²) in [5.74, 6) is 0. The van der Waals surface area contributed by atoms with Gasteiger partial charge < -0.3 is 20.4 Å². The number of aliphatic hydroxyl groups excluding tert-OH is 4. The molecule has 0 aliphatic rings. The van der Waals surface area contributed by atoms with Crippen molar-refractivity contribution >= 4 is 0 Å². The van der Waals surface area contributed by atoms with Crippen LogP contribution in [0.2, 0.25) is 0 Å². The van der Waals surface area contributed by atoms with Crippen LogP contribution in [-0.4, -0.2) is 95.9 Å². The summed E-state index contributed by atoms with van der Waals surface area (Å²) in [5, 5.41) is 36.0. The van der Waals surface area contributed by atoms with Gasteiger partial charge in [-0.05, 0) is 5.41 Å². The van der Waals surface area contributed by atoms with E-state index in [2.05, 4.69) is 13.8 Å². The van der Waals surface area contributed by atoms with Crippen molar-refractivity contribution in [3.63, 3.8) is 0 Å². The van der Waals surface area contributed by atoms with Gasteiger partial charge in [-0.25, -0.2) is 0 Å². The molecule has 0 spiro atoms. The molecule has 0 aromatic heterocycles. The Morgan fingerprint density at radius 2 is 0.895 bits per heavy atom. The minimum absolute atomic E-state index is 0.0469. The van der Waals surface area contributed by atoms with Gasteiger partial charge in [-0.1, -0.05) is 13.8 Å². The second kappa shape index (κ2) is 10.5. The smallest absolute Gasteiger partial charge is 0.0558 e. The third-order valence-corrected chi connectivity index (χ3v) is 2.97. The van der Waals surface area contributed by atoms with E-state index in [-0.39, 0.29) is 31.8 Å². The summed E-state index contributed by atoms with van der Waals surface area (Å²) < 4.78 is 0. The summed E-state index contributed by atoms with van der Waals surface area (Å²) in [7, 11) is 0. The molecule has 0 aromatic carbocycles. The average Bonchev–Trinajstić information content (AvgIpc) is 2.29. The van der Waals surface area contributed by atoms with E-state index in [9.17, 15) is 0 Å². The number of hydrogen-bond acceptors (Lipinski definition) is 6. The topological polar surface area (TPSA) is 87.4 Å². The first-order valence-corrected chi connectivity index (χ1v) is 6.87. The first-order chi connectivity index (χ1) is 8.99. The minimum Gasteiger partial charge on any atom is -0.395 e. The zero-order valence-corrected chi connectivity index (χ0v) is 12.3. The molecule has 0 heterocycles. The largest absolute Gasteiger partial charge is 0.395 e. The molecule has 4 N–H and O–H groups in total. The normalized spacial score (nSPS) is 12.6. The fourth-order valence-corrected chi connectivity index (χ4v) is 2.37. The lowest BCUT2D eigenvalue weighted by molar-refractivity contribution is 0.0771. The predicted molar refractivity (Wildman–Crippen MR) is 75.0 cm³/mol. The molecule has 6 nitrogen and oxygen atoms in total. The zero-order valence-electron chi connectivity index (χ0n) is 12.3. The summed E-state index contributed by atoms with van der Waals surface area (Å²) in [5.41, 5.74) is -0.0469.